The Kier molecular flexibility index (Phi) is 7.99. The van der Waals surface area contributed by atoms with Gasteiger partial charge in [0, 0.05) is 63.5 Å². The van der Waals surface area contributed by atoms with E-state index in [0.717, 1.165) is 35.6 Å². The lowest BCUT2D eigenvalue weighted by atomic mass is 10.0. The zero-order valence-corrected chi connectivity index (χ0v) is 24.1. The van der Waals surface area contributed by atoms with Gasteiger partial charge in [0.25, 0.3) is 10.2 Å². The Morgan fingerprint density at radius 3 is 2.51 bits per heavy atom. The number of likely N-dealkylation sites (N-methyl/N-ethyl adjacent to an activating group) is 1. The van der Waals surface area contributed by atoms with Crippen molar-refractivity contribution in [2.45, 2.75) is 44.8 Å². The number of carbonyl (C=O) groups excluding carboxylic acids is 1. The normalized spacial score (nSPS) is 21.8. The van der Waals surface area contributed by atoms with E-state index >= 15 is 0 Å². The predicted octanol–water partition coefficient (Wildman–Crippen LogP) is 1.47. The van der Waals surface area contributed by atoms with Gasteiger partial charge in [-0.15, -0.1) is 0 Å². The van der Waals surface area contributed by atoms with E-state index in [-0.39, 0.29) is 18.1 Å². The third-order valence-corrected chi connectivity index (χ3v) is 9.87. The van der Waals surface area contributed by atoms with E-state index in [1.165, 1.54) is 8.61 Å². The number of amides is 2. The lowest BCUT2D eigenvalue weighted by Gasteiger charge is -2.33. The van der Waals surface area contributed by atoms with Crippen LogP contribution in [0.2, 0.25) is 0 Å². The van der Waals surface area contributed by atoms with Crippen LogP contribution in [0.15, 0.2) is 36.5 Å². The van der Waals surface area contributed by atoms with E-state index in [0.29, 0.717) is 51.4 Å². The first-order valence-corrected chi connectivity index (χ1v) is 15.0. The van der Waals surface area contributed by atoms with Crippen molar-refractivity contribution in [1.29, 1.82) is 0 Å². The second kappa shape index (κ2) is 11.3. The van der Waals surface area contributed by atoms with Gasteiger partial charge < -0.3 is 5.32 Å². The Bertz CT molecular complexity index is 1340. The number of piperidine rings is 1. The molecule has 1 aromatic carbocycles. The third kappa shape index (κ3) is 5.84. The summed E-state index contributed by atoms with van der Waals surface area (Å²) in [6.07, 6.45) is 3.93. The number of aromatic nitrogens is 2. The largest absolute Gasteiger partial charge is 0.494 e. The fourth-order valence-electron chi connectivity index (χ4n) is 5.53. The molecule has 0 unspecified atom stereocenters. The molecule has 0 aliphatic carbocycles. The maximum Gasteiger partial charge on any atom is 0.494 e. The number of carbonyl (C=O) groups is 1. The monoisotopic (exact) mass is 555 g/mol. The van der Waals surface area contributed by atoms with Crippen LogP contribution in [0.4, 0.5) is 10.7 Å². The Hall–Kier alpha value is -2.93. The minimum atomic E-state index is -3.40. The number of anilines is 1. The zero-order chi connectivity index (χ0) is 27.7. The van der Waals surface area contributed by atoms with Crippen molar-refractivity contribution < 1.29 is 17.8 Å². The Balaban J connectivity index is 1.30. The minimum Gasteiger partial charge on any atom is -0.351 e. The first-order valence-electron chi connectivity index (χ1n) is 13.6. The first kappa shape index (κ1) is 27.6. The number of nitrogens with zero attached hydrogens (tertiary/aromatic N) is 7. The van der Waals surface area contributed by atoms with Crippen molar-refractivity contribution in [1.82, 2.24) is 28.4 Å². The minimum absolute atomic E-state index is 0.0164. The Morgan fingerprint density at radius 1 is 1.10 bits per heavy atom. The predicted molar refractivity (Wildman–Crippen MR) is 150 cm³/mol. The number of rotatable bonds is 5. The van der Waals surface area contributed by atoms with E-state index in [2.05, 4.69) is 41.3 Å². The Labute approximate surface area is 231 Å². The number of hydrogen-bond acceptors (Lipinski definition) is 7. The highest BCUT2D eigenvalue weighted by atomic mass is 32.2. The molecule has 210 valence electrons. The standard InChI is InChI=1S/C27H39N8O3S/c1-20-16-22-17-28-26(29-23-10-12-33(13-11-23)39(37,38)31(2)3)30-24(22)18-35(20)27(36)34-15-14-32(4)19-25(34)21-8-6-5-7-9-21/h5-9,17,20,23H,10-16,18-19H2,1-4H3,(H,28,29,30)/q+1/t20-/m1/s1. The summed E-state index contributed by atoms with van der Waals surface area (Å²) in [5.41, 5.74) is 4.03. The van der Waals surface area contributed by atoms with Crippen LogP contribution in [0.25, 0.3) is 0 Å². The van der Waals surface area contributed by atoms with E-state index in [4.69, 9.17) is 4.98 Å². The molecule has 0 bridgehead atoms. The maximum absolute atomic E-state index is 13.9. The summed E-state index contributed by atoms with van der Waals surface area (Å²) in [5, 5.41) is 3.40. The van der Waals surface area contributed by atoms with Gasteiger partial charge in [-0.25, -0.2) is 14.9 Å². The van der Waals surface area contributed by atoms with Crippen molar-refractivity contribution in [2.75, 3.05) is 59.2 Å². The molecule has 5 rings (SSSR count). The van der Waals surface area contributed by atoms with Crippen LogP contribution in [0, 0.1) is 0 Å². The fourth-order valence-corrected chi connectivity index (χ4v) is 6.67. The summed E-state index contributed by atoms with van der Waals surface area (Å²) in [7, 11) is 1.79. The first-order chi connectivity index (χ1) is 18.6. The van der Waals surface area contributed by atoms with E-state index in [1.807, 2.05) is 33.9 Å². The molecule has 0 radical (unpaired) electrons. The van der Waals surface area contributed by atoms with Crippen LogP contribution in [-0.4, -0.2) is 119 Å². The topological polar surface area (TPSA) is 105 Å². The molecule has 4 heterocycles. The molecule has 0 saturated carbocycles. The second-order valence-electron chi connectivity index (χ2n) is 10.9. The number of fused-ring (bicyclic) bond motifs is 1. The molecule has 1 fully saturated rings. The van der Waals surface area contributed by atoms with E-state index in [9.17, 15) is 13.2 Å². The Morgan fingerprint density at radius 2 is 1.82 bits per heavy atom. The van der Waals surface area contributed by atoms with E-state index < -0.39 is 10.2 Å². The molecule has 1 atom stereocenters. The van der Waals surface area contributed by atoms with Crippen molar-refractivity contribution in [3.8, 4) is 0 Å². The van der Waals surface area contributed by atoms with Gasteiger partial charge in [-0.2, -0.15) is 26.4 Å². The smallest absolute Gasteiger partial charge is 0.351 e. The quantitative estimate of drug-likeness (QED) is 0.557. The van der Waals surface area contributed by atoms with Gasteiger partial charge >= 0.3 is 6.03 Å². The molecule has 0 spiro atoms. The van der Waals surface area contributed by atoms with Crippen molar-refractivity contribution in [2.24, 2.45) is 0 Å². The number of hydrogen-bond donors (Lipinski definition) is 1. The van der Waals surface area contributed by atoms with Crippen LogP contribution in [0.5, 0.6) is 0 Å². The lowest BCUT2D eigenvalue weighted by molar-refractivity contribution is -0.445. The van der Waals surface area contributed by atoms with Gasteiger partial charge in [-0.05, 0) is 26.8 Å². The van der Waals surface area contributed by atoms with Crippen molar-refractivity contribution in [3.63, 3.8) is 0 Å². The summed E-state index contributed by atoms with van der Waals surface area (Å²) in [6.45, 7) is 5.61. The maximum atomic E-state index is 13.9. The molecule has 1 N–H and O–H groups in total. The van der Waals surface area contributed by atoms with Gasteiger partial charge in [-0.1, -0.05) is 30.3 Å². The molecule has 2 aromatic rings. The number of urea groups is 1. The summed E-state index contributed by atoms with van der Waals surface area (Å²) in [6, 6.07) is 10.3. The van der Waals surface area contributed by atoms with Gasteiger partial charge in [0.05, 0.1) is 12.2 Å². The van der Waals surface area contributed by atoms with Gasteiger partial charge in [0.15, 0.2) is 0 Å². The molecule has 1 aromatic heterocycles. The highest BCUT2D eigenvalue weighted by Crippen LogP contribution is 2.25. The van der Waals surface area contributed by atoms with Gasteiger partial charge in [0.2, 0.25) is 5.95 Å². The molecular weight excluding hydrogens is 516 g/mol. The number of benzene rings is 1. The average molecular weight is 556 g/mol. The van der Waals surface area contributed by atoms with Crippen LogP contribution < -0.4 is 5.32 Å². The second-order valence-corrected chi connectivity index (χ2v) is 13.1. The average Bonchev–Trinajstić information content (AvgIpc) is 2.93. The lowest BCUT2D eigenvalue weighted by Crippen LogP contribution is -2.53. The van der Waals surface area contributed by atoms with Gasteiger partial charge in [0.1, 0.15) is 24.8 Å². The van der Waals surface area contributed by atoms with Crippen LogP contribution in [0.3, 0.4) is 0 Å². The summed E-state index contributed by atoms with van der Waals surface area (Å²) in [5.74, 6) is 0.528. The summed E-state index contributed by atoms with van der Waals surface area (Å²) in [4.78, 5) is 27.5. The van der Waals surface area contributed by atoms with Crippen LogP contribution >= 0.6 is 0 Å². The summed E-state index contributed by atoms with van der Waals surface area (Å²) >= 11 is 0. The molecule has 12 heteroatoms. The molecule has 11 nitrogen and oxygen atoms in total. The highest BCUT2D eigenvalue weighted by molar-refractivity contribution is 7.86. The highest BCUT2D eigenvalue weighted by Gasteiger charge is 2.39. The summed E-state index contributed by atoms with van der Waals surface area (Å²) < 4.78 is 29.6. The molecule has 3 aliphatic heterocycles. The van der Waals surface area contributed by atoms with Crippen molar-refractivity contribution >= 4 is 27.9 Å². The molecule has 2 amide bonds. The van der Waals surface area contributed by atoms with E-state index in [1.54, 1.807) is 14.1 Å². The third-order valence-electron chi connectivity index (χ3n) is 7.93. The molecule has 3 aliphatic rings. The SMILES string of the molecule is C[C@@H]1Cc2cnc(NC3CCN(S(=O)(=O)N(C)C)CC3)nc2CN1C(=O)[N+]1=C(c2ccccc2)CN(C)CC1. The molecule has 39 heavy (non-hydrogen) atoms. The zero-order valence-electron chi connectivity index (χ0n) is 23.2. The van der Waals surface area contributed by atoms with Gasteiger partial charge in [-0.3, -0.25) is 4.90 Å². The molecular formula is C27H39N8O3S+. The fraction of sp³-hybridized carbons (Fsp3) is 0.556. The molecule has 1 saturated heterocycles. The number of nitrogens with one attached hydrogen (secondary N) is 1. The van der Waals surface area contributed by atoms with Crippen LogP contribution in [0.1, 0.15) is 36.6 Å². The van der Waals surface area contributed by atoms with Crippen LogP contribution in [-0.2, 0) is 23.2 Å². The van der Waals surface area contributed by atoms with Crippen molar-refractivity contribution in [3.05, 3.63) is 53.3 Å².